The van der Waals surface area contributed by atoms with Crippen LogP contribution in [0.4, 0.5) is 0 Å². The van der Waals surface area contributed by atoms with Crippen LogP contribution in [0.1, 0.15) is 97.2 Å². The Labute approximate surface area is 420 Å². The second kappa shape index (κ2) is 27.1. The van der Waals surface area contributed by atoms with Crippen LogP contribution >= 0.6 is 7.37 Å². The van der Waals surface area contributed by atoms with E-state index in [1.165, 1.54) is 19.3 Å². The first-order valence-corrected chi connectivity index (χ1v) is 26.8. The summed E-state index contributed by atoms with van der Waals surface area (Å²) in [6.07, 6.45) is 4.85. The maximum Gasteiger partial charge on any atom is 0.253 e. The molecule has 0 aliphatic carbocycles. The quantitative estimate of drug-likeness (QED) is 0.0402. The van der Waals surface area contributed by atoms with Gasteiger partial charge in [0.15, 0.2) is 5.96 Å². The molecule has 2 aliphatic rings. The zero-order valence-electron chi connectivity index (χ0n) is 44.1. The lowest BCUT2D eigenvalue weighted by Gasteiger charge is -2.40. The molecule has 2 aliphatic heterocycles. The summed E-state index contributed by atoms with van der Waals surface area (Å²) in [5, 5.41) is 8.09. The molecule has 394 valence electrons. The first-order valence-electron chi connectivity index (χ1n) is 24.9. The summed E-state index contributed by atoms with van der Waals surface area (Å²) in [6.45, 7) is 10.6. The zero-order chi connectivity index (χ0) is 52.7. The number of imide groups is 1. The standard InChI is InChI=1S/C51H80N9O10P/c1-13-35(4)48(57(10)50(66)47(34(2)3)52-51(55(6)7)56(8)9)43(69-11)30-46(65)59-27-19-23-41(59)49(70-12)36(5)42(62)29-40(28-37-20-15-14-16-21-37)71(67,68)33-39(61)22-17-18-26-58-31-38(53-54-58)32-60-44(63)24-25-45(60)64/h14-16,20-21,24-25,31,34-36,40-41,43,47-49H,13,17-19,22-23,26-30,32-33H2,1-12H3,(H,67,68)/t35-,36-,40+,41-,43+,47-,48-,49+/m0/s1. The van der Waals surface area contributed by atoms with Crippen molar-refractivity contribution in [3.05, 3.63) is 59.9 Å². The number of rotatable bonds is 28. The first-order chi connectivity index (χ1) is 33.5. The van der Waals surface area contributed by atoms with Crippen molar-refractivity contribution in [2.45, 2.75) is 141 Å². The van der Waals surface area contributed by atoms with Crippen LogP contribution in [0.2, 0.25) is 0 Å². The molecule has 3 heterocycles. The van der Waals surface area contributed by atoms with E-state index in [0.717, 1.165) is 16.9 Å². The first kappa shape index (κ1) is 58.5. The Bertz CT molecular complexity index is 2200. The van der Waals surface area contributed by atoms with E-state index in [4.69, 9.17) is 14.5 Å². The van der Waals surface area contributed by atoms with Crippen LogP contribution in [0.15, 0.2) is 53.7 Å². The number of carbonyl (C=O) groups excluding carboxylic acids is 6. The fourth-order valence-electron chi connectivity index (χ4n) is 9.78. The highest BCUT2D eigenvalue weighted by atomic mass is 31.2. The predicted octanol–water partition coefficient (Wildman–Crippen LogP) is 4.71. The normalized spacial score (nSPS) is 18.6. The van der Waals surface area contributed by atoms with E-state index >= 15 is 0 Å². The predicted molar refractivity (Wildman–Crippen MR) is 271 cm³/mol. The molecule has 2 aromatic rings. The number of aryl methyl sites for hydroxylation is 1. The molecule has 71 heavy (non-hydrogen) atoms. The van der Waals surface area contributed by atoms with Crippen molar-refractivity contribution in [2.75, 3.05) is 62.2 Å². The van der Waals surface area contributed by atoms with Crippen LogP contribution in [0.3, 0.4) is 0 Å². The molecular weight excluding hydrogens is 930 g/mol. The Morgan fingerprint density at radius 1 is 0.930 bits per heavy atom. The van der Waals surface area contributed by atoms with Gasteiger partial charge in [-0.2, -0.15) is 0 Å². The number of ether oxygens (including phenoxy) is 2. The molecule has 20 heteroatoms. The van der Waals surface area contributed by atoms with Crippen LogP contribution in [0.25, 0.3) is 0 Å². The van der Waals surface area contributed by atoms with Crippen molar-refractivity contribution in [1.82, 2.24) is 39.5 Å². The van der Waals surface area contributed by atoms with Crippen molar-refractivity contribution >= 4 is 48.5 Å². The second-order valence-electron chi connectivity index (χ2n) is 20.0. The van der Waals surface area contributed by atoms with Crippen molar-refractivity contribution in [1.29, 1.82) is 0 Å². The number of guanidine groups is 1. The number of amides is 4. The van der Waals surface area contributed by atoms with Crippen LogP contribution in [0, 0.1) is 17.8 Å². The SMILES string of the molecule is CC[C@H](C)[C@@H]([C@@H](CC(=O)N1CCC[C@H]1[C@H](OC)[C@@H](C)C(=O)C[C@@H](Cc1ccccc1)P(=O)(O)CC(=O)CCCCn1cc(CN2C(=O)C=CC2=O)nn1)OC)N(C)C(=O)[C@@H](N=C(N(C)C)N(C)C)C(C)C. The molecule has 0 radical (unpaired) electrons. The lowest BCUT2D eigenvalue weighted by molar-refractivity contribution is -0.146. The molecule has 0 saturated carbocycles. The molecule has 19 nitrogen and oxygen atoms in total. The lowest BCUT2D eigenvalue weighted by atomic mass is 9.88. The molecule has 1 N–H and O–H groups in total. The number of aromatic nitrogens is 3. The van der Waals surface area contributed by atoms with Gasteiger partial charge in [0.05, 0.1) is 49.6 Å². The summed E-state index contributed by atoms with van der Waals surface area (Å²) >= 11 is 0. The monoisotopic (exact) mass is 1010 g/mol. The highest BCUT2D eigenvalue weighted by Gasteiger charge is 2.44. The van der Waals surface area contributed by atoms with E-state index < -0.39 is 73.0 Å². The van der Waals surface area contributed by atoms with Gasteiger partial charge in [-0.1, -0.05) is 76.6 Å². The minimum absolute atomic E-state index is 0.00453. The number of methoxy groups -OCH3 is 2. The minimum Gasteiger partial charge on any atom is -0.379 e. The number of nitrogens with zero attached hydrogens (tertiary/aromatic N) is 9. The van der Waals surface area contributed by atoms with Gasteiger partial charge in [0.1, 0.15) is 23.3 Å². The third kappa shape index (κ3) is 15.9. The third-order valence-electron chi connectivity index (χ3n) is 13.9. The molecule has 1 fully saturated rings. The zero-order valence-corrected chi connectivity index (χ0v) is 45.0. The van der Waals surface area contributed by atoms with Crippen molar-refractivity contribution in [3.63, 3.8) is 0 Å². The van der Waals surface area contributed by atoms with Crippen molar-refractivity contribution < 1.29 is 47.7 Å². The van der Waals surface area contributed by atoms with E-state index in [9.17, 15) is 38.2 Å². The van der Waals surface area contributed by atoms with Crippen molar-refractivity contribution in [2.24, 2.45) is 22.7 Å². The minimum atomic E-state index is -4.24. The Balaban J connectivity index is 1.44. The van der Waals surface area contributed by atoms with Gasteiger partial charge in [-0.25, -0.2) is 4.99 Å². The highest BCUT2D eigenvalue weighted by Crippen LogP contribution is 2.50. The number of carbonyl (C=O) groups is 6. The van der Waals surface area contributed by atoms with Gasteiger partial charge < -0.3 is 34.0 Å². The van der Waals surface area contributed by atoms with Gasteiger partial charge in [0, 0.05) is 99.1 Å². The largest absolute Gasteiger partial charge is 0.379 e. The Kier molecular flexibility index (Phi) is 22.3. The van der Waals surface area contributed by atoms with Gasteiger partial charge in [0.2, 0.25) is 19.2 Å². The molecule has 1 saturated heterocycles. The maximum absolute atomic E-state index is 14.5. The summed E-state index contributed by atoms with van der Waals surface area (Å²) < 4.78 is 27.9. The topological polar surface area (TPSA) is 217 Å². The number of ketones is 2. The van der Waals surface area contributed by atoms with E-state index in [0.29, 0.717) is 50.4 Å². The van der Waals surface area contributed by atoms with Crippen molar-refractivity contribution in [3.8, 4) is 0 Å². The summed E-state index contributed by atoms with van der Waals surface area (Å²) in [5.74, 6) is -2.14. The Morgan fingerprint density at radius 2 is 1.58 bits per heavy atom. The molecule has 1 unspecified atom stereocenters. The molecule has 0 bridgehead atoms. The number of unbranched alkanes of at least 4 members (excludes halogenated alkanes) is 1. The summed E-state index contributed by atoms with van der Waals surface area (Å²) in [7, 11) is 8.12. The fourth-order valence-corrected chi connectivity index (χ4v) is 11.7. The van der Waals surface area contributed by atoms with Crippen LogP contribution in [-0.4, -0.2) is 184 Å². The summed E-state index contributed by atoms with van der Waals surface area (Å²) in [6, 6.07) is 7.52. The van der Waals surface area contributed by atoms with Gasteiger partial charge in [-0.05, 0) is 49.5 Å². The fraction of sp³-hybridized carbons (Fsp3) is 0.667. The van der Waals surface area contributed by atoms with E-state index in [2.05, 4.69) is 10.3 Å². The van der Waals surface area contributed by atoms with Gasteiger partial charge in [0.25, 0.3) is 11.8 Å². The molecule has 4 rings (SSSR count). The molecule has 1 aromatic carbocycles. The number of Topliss-reactive ketones (excluding diaryl/α,β-unsaturated/α-hetero) is 2. The second-order valence-corrected chi connectivity index (χ2v) is 22.5. The summed E-state index contributed by atoms with van der Waals surface area (Å²) in [4.78, 5) is 105. The number of hydrogen-bond donors (Lipinski definition) is 1. The average Bonchev–Trinajstić information content (AvgIpc) is 4.07. The molecular formula is C51H80N9O10P. The smallest absolute Gasteiger partial charge is 0.253 e. The van der Waals surface area contributed by atoms with Crippen LogP contribution < -0.4 is 0 Å². The third-order valence-corrected chi connectivity index (χ3v) is 16.2. The van der Waals surface area contributed by atoms with E-state index in [-0.39, 0.29) is 61.7 Å². The Morgan fingerprint density at radius 3 is 2.15 bits per heavy atom. The Hall–Kier alpha value is -5.10. The molecule has 9 atom stereocenters. The molecule has 4 amide bonds. The average molecular weight is 1010 g/mol. The number of likely N-dealkylation sites (tertiary alicyclic amines) is 1. The summed E-state index contributed by atoms with van der Waals surface area (Å²) in [5.41, 5.74) is 0.153. The lowest BCUT2D eigenvalue weighted by Crippen LogP contribution is -2.55. The molecule has 1 aromatic heterocycles. The number of aliphatic imine (C=N–C) groups is 1. The van der Waals surface area contributed by atoms with Gasteiger partial charge in [-0.3, -0.25) is 42.9 Å². The van der Waals surface area contributed by atoms with E-state index in [1.54, 1.807) is 41.8 Å². The van der Waals surface area contributed by atoms with Gasteiger partial charge in [-0.15, -0.1) is 5.10 Å². The van der Waals surface area contributed by atoms with Crippen LogP contribution in [0.5, 0.6) is 0 Å². The van der Waals surface area contributed by atoms with Crippen LogP contribution in [-0.2, 0) is 62.3 Å². The number of benzene rings is 1. The molecule has 0 spiro atoms. The number of likely N-dealkylation sites (N-methyl/N-ethyl adjacent to an activating group) is 1. The van der Waals surface area contributed by atoms with E-state index in [1.807, 2.05) is 96.0 Å². The van der Waals surface area contributed by atoms with Gasteiger partial charge >= 0.3 is 0 Å². The highest BCUT2D eigenvalue weighted by molar-refractivity contribution is 7.59. The number of hydrogen-bond acceptors (Lipinski definition) is 12. The maximum atomic E-state index is 14.5.